The van der Waals surface area contributed by atoms with Gasteiger partial charge in [0, 0.05) is 6.42 Å². The Kier molecular flexibility index (Phi) is 26.3. The normalized spacial score (nSPS) is 11.4. The van der Waals surface area contributed by atoms with Crippen LogP contribution in [0.2, 0.25) is 0 Å². The maximum Gasteiger partial charge on any atom is 0.305 e. The van der Waals surface area contributed by atoms with Crippen LogP contribution in [0.5, 0.6) is 0 Å². The number of ether oxygens (including phenoxy) is 1. The lowest BCUT2D eigenvalue weighted by Crippen LogP contribution is -2.10. The Labute approximate surface area is 203 Å². The monoisotopic (exact) mass is 452 g/mol. The molecule has 0 aromatic carbocycles. The molecule has 0 unspecified atom stereocenters. The van der Waals surface area contributed by atoms with Gasteiger partial charge in [-0.2, -0.15) is 0 Å². The number of methoxy groups -OCH3 is 1. The molecule has 0 aliphatic heterocycles. The zero-order valence-corrected chi connectivity index (χ0v) is 22.6. The molecule has 0 bridgehead atoms. The van der Waals surface area contributed by atoms with Crippen LogP contribution < -0.4 is 0 Å². The Balaban J connectivity index is 3.65. The summed E-state index contributed by atoms with van der Waals surface area (Å²) in [6, 6.07) is 0. The van der Waals surface area contributed by atoms with Gasteiger partial charge in [0.25, 0.3) is 0 Å². The van der Waals surface area contributed by atoms with Crippen molar-refractivity contribution in [2.45, 2.75) is 174 Å². The van der Waals surface area contributed by atoms with Crippen molar-refractivity contribution in [2.24, 2.45) is 5.92 Å². The van der Waals surface area contributed by atoms with E-state index in [1.165, 1.54) is 161 Å². The summed E-state index contributed by atoms with van der Waals surface area (Å²) in [6.07, 6.45) is 33.6. The summed E-state index contributed by atoms with van der Waals surface area (Å²) < 4.78 is 4.96. The average molecular weight is 453 g/mol. The lowest BCUT2D eigenvalue weighted by molar-refractivity contribution is -0.141. The molecule has 2 heteroatoms. The maximum atomic E-state index is 11.8. The maximum absolute atomic E-state index is 11.8. The van der Waals surface area contributed by atoms with E-state index in [1.54, 1.807) is 0 Å². The van der Waals surface area contributed by atoms with Crippen LogP contribution in [0, 0.1) is 5.92 Å². The predicted octanol–water partition coefficient (Wildman–Crippen LogP) is 10.6. The zero-order chi connectivity index (χ0) is 23.5. The Morgan fingerprint density at radius 1 is 0.500 bits per heavy atom. The molecule has 0 saturated heterocycles. The summed E-state index contributed by atoms with van der Waals surface area (Å²) in [4.78, 5) is 11.8. The van der Waals surface area contributed by atoms with Crippen LogP contribution in [0.25, 0.3) is 0 Å². The van der Waals surface area contributed by atoms with E-state index in [0.717, 1.165) is 0 Å². The van der Waals surface area contributed by atoms with Gasteiger partial charge in [0.15, 0.2) is 0 Å². The average Bonchev–Trinajstić information content (AvgIpc) is 2.80. The van der Waals surface area contributed by atoms with Gasteiger partial charge < -0.3 is 4.74 Å². The topological polar surface area (TPSA) is 26.3 Å². The van der Waals surface area contributed by atoms with E-state index in [4.69, 9.17) is 4.74 Å². The first-order chi connectivity index (χ1) is 15.7. The fourth-order valence-electron chi connectivity index (χ4n) is 4.86. The van der Waals surface area contributed by atoms with Crippen molar-refractivity contribution in [3.05, 3.63) is 0 Å². The van der Waals surface area contributed by atoms with Crippen molar-refractivity contribution in [1.82, 2.24) is 0 Å². The molecule has 0 amide bonds. The summed E-state index contributed by atoms with van der Waals surface area (Å²) in [7, 11) is 1.53. The number of carbonyl (C=O) groups excluding carboxylic acids is 1. The molecule has 0 saturated carbocycles. The summed E-state index contributed by atoms with van der Waals surface area (Å²) >= 11 is 0. The van der Waals surface area contributed by atoms with Crippen LogP contribution in [0.15, 0.2) is 0 Å². The number of unbranched alkanes of at least 4 members (excludes halogenated alkanes) is 20. The first-order valence-corrected chi connectivity index (χ1v) is 14.8. The molecule has 0 aliphatic carbocycles. The van der Waals surface area contributed by atoms with Gasteiger partial charge in [-0.1, -0.05) is 155 Å². The second-order valence-electron chi connectivity index (χ2n) is 10.3. The summed E-state index contributed by atoms with van der Waals surface area (Å²) in [5.41, 5.74) is 0. The third kappa shape index (κ3) is 24.1. The molecule has 0 N–H and O–H groups in total. The molecule has 192 valence electrons. The van der Waals surface area contributed by atoms with Crippen LogP contribution >= 0.6 is 0 Å². The number of hydrogen-bond acceptors (Lipinski definition) is 2. The smallest absolute Gasteiger partial charge is 0.305 e. The highest BCUT2D eigenvalue weighted by atomic mass is 16.5. The van der Waals surface area contributed by atoms with Crippen LogP contribution in [0.1, 0.15) is 174 Å². The van der Waals surface area contributed by atoms with E-state index in [-0.39, 0.29) is 5.97 Å². The second kappa shape index (κ2) is 26.7. The highest BCUT2D eigenvalue weighted by molar-refractivity contribution is 5.69. The zero-order valence-electron chi connectivity index (χ0n) is 22.6. The standard InChI is InChI=1S/C30H60O2/c1-4-6-8-10-12-14-16-18-20-22-24-26-29(28-30(31)32-3)27-25-23-21-19-17-15-13-11-9-7-5-2/h29H,4-28H2,1-3H3. The van der Waals surface area contributed by atoms with Crippen molar-refractivity contribution in [1.29, 1.82) is 0 Å². The molecule has 0 aromatic heterocycles. The number of carbonyl (C=O) groups is 1. The first kappa shape index (κ1) is 31.5. The molecule has 0 rings (SSSR count). The molecular weight excluding hydrogens is 392 g/mol. The first-order valence-electron chi connectivity index (χ1n) is 14.8. The SMILES string of the molecule is CCCCCCCCCCCCCC(CCCCCCCCCCCCC)CC(=O)OC. The van der Waals surface area contributed by atoms with Gasteiger partial charge in [-0.3, -0.25) is 4.79 Å². The third-order valence-corrected chi connectivity index (χ3v) is 7.11. The lowest BCUT2D eigenvalue weighted by Gasteiger charge is -2.15. The van der Waals surface area contributed by atoms with E-state index in [2.05, 4.69) is 13.8 Å². The molecule has 0 aliphatic rings. The van der Waals surface area contributed by atoms with Crippen LogP contribution in [-0.4, -0.2) is 13.1 Å². The third-order valence-electron chi connectivity index (χ3n) is 7.11. The highest BCUT2D eigenvalue weighted by Gasteiger charge is 2.14. The van der Waals surface area contributed by atoms with Gasteiger partial charge in [-0.15, -0.1) is 0 Å². The molecule has 0 radical (unpaired) electrons. The molecule has 0 heterocycles. The predicted molar refractivity (Wildman–Crippen MR) is 142 cm³/mol. The summed E-state index contributed by atoms with van der Waals surface area (Å²) in [5.74, 6) is 0.528. The van der Waals surface area contributed by atoms with Crippen molar-refractivity contribution >= 4 is 5.97 Å². The molecule has 32 heavy (non-hydrogen) atoms. The van der Waals surface area contributed by atoms with E-state index >= 15 is 0 Å². The quantitative estimate of drug-likeness (QED) is 0.0963. The van der Waals surface area contributed by atoms with Crippen molar-refractivity contribution in [3.63, 3.8) is 0 Å². The summed E-state index contributed by atoms with van der Waals surface area (Å²) in [5, 5.41) is 0. The van der Waals surface area contributed by atoms with Crippen molar-refractivity contribution in [2.75, 3.05) is 7.11 Å². The summed E-state index contributed by atoms with van der Waals surface area (Å²) in [6.45, 7) is 4.57. The molecular formula is C30H60O2. The van der Waals surface area contributed by atoms with Crippen molar-refractivity contribution in [3.8, 4) is 0 Å². The van der Waals surface area contributed by atoms with Crippen LogP contribution in [0.3, 0.4) is 0 Å². The highest BCUT2D eigenvalue weighted by Crippen LogP contribution is 2.23. The van der Waals surface area contributed by atoms with Gasteiger partial charge in [0.2, 0.25) is 0 Å². The number of rotatable bonds is 26. The van der Waals surface area contributed by atoms with Crippen LogP contribution in [-0.2, 0) is 9.53 Å². The van der Waals surface area contributed by atoms with Gasteiger partial charge in [0.05, 0.1) is 7.11 Å². The molecule has 0 spiro atoms. The van der Waals surface area contributed by atoms with E-state index in [1.807, 2.05) is 0 Å². The fraction of sp³-hybridized carbons (Fsp3) is 0.967. The molecule has 0 aromatic rings. The largest absolute Gasteiger partial charge is 0.469 e. The molecule has 2 nitrogen and oxygen atoms in total. The Morgan fingerprint density at radius 2 is 0.781 bits per heavy atom. The minimum atomic E-state index is -0.0128. The van der Waals surface area contributed by atoms with E-state index < -0.39 is 0 Å². The van der Waals surface area contributed by atoms with Crippen molar-refractivity contribution < 1.29 is 9.53 Å². The Hall–Kier alpha value is -0.530. The van der Waals surface area contributed by atoms with E-state index in [0.29, 0.717) is 12.3 Å². The van der Waals surface area contributed by atoms with Crippen LogP contribution in [0.4, 0.5) is 0 Å². The minimum absolute atomic E-state index is 0.0128. The van der Waals surface area contributed by atoms with Gasteiger partial charge in [-0.25, -0.2) is 0 Å². The Bertz CT molecular complexity index is 340. The lowest BCUT2D eigenvalue weighted by atomic mass is 9.91. The van der Waals surface area contributed by atoms with Gasteiger partial charge in [-0.05, 0) is 18.8 Å². The Morgan fingerprint density at radius 3 is 1.06 bits per heavy atom. The molecule has 0 fully saturated rings. The van der Waals surface area contributed by atoms with Gasteiger partial charge in [0.1, 0.15) is 0 Å². The fourth-order valence-corrected chi connectivity index (χ4v) is 4.86. The molecule has 0 atom stereocenters. The number of hydrogen-bond donors (Lipinski definition) is 0. The van der Waals surface area contributed by atoms with E-state index in [9.17, 15) is 4.79 Å². The second-order valence-corrected chi connectivity index (χ2v) is 10.3. The minimum Gasteiger partial charge on any atom is -0.469 e. The van der Waals surface area contributed by atoms with Gasteiger partial charge >= 0.3 is 5.97 Å². The number of esters is 1.